The number of anilines is 1. The Morgan fingerprint density at radius 1 is 1.69 bits per heavy atom. The van der Waals surface area contributed by atoms with E-state index in [1.807, 2.05) is 0 Å². The SMILES string of the molecule is COC(CN)C(=O)Nc1ccc(O)c(Cl)c1. The standard InChI is InChI=1S/C10H13ClN2O3/c1-16-9(5-12)10(15)13-6-2-3-8(14)7(11)4-6/h2-4,9,14H,5,12H2,1H3,(H,13,15). The van der Waals surface area contributed by atoms with Crippen LogP contribution in [-0.4, -0.2) is 30.8 Å². The lowest BCUT2D eigenvalue weighted by Crippen LogP contribution is -2.35. The molecule has 0 saturated carbocycles. The highest BCUT2D eigenvalue weighted by Crippen LogP contribution is 2.26. The minimum atomic E-state index is -0.701. The van der Waals surface area contributed by atoms with E-state index < -0.39 is 6.10 Å². The van der Waals surface area contributed by atoms with Gasteiger partial charge in [-0.25, -0.2) is 0 Å². The monoisotopic (exact) mass is 244 g/mol. The Hall–Kier alpha value is -1.30. The van der Waals surface area contributed by atoms with E-state index in [0.29, 0.717) is 5.69 Å². The Balaban J connectivity index is 2.73. The minimum absolute atomic E-state index is 0.0400. The van der Waals surface area contributed by atoms with E-state index in [4.69, 9.17) is 22.1 Å². The lowest BCUT2D eigenvalue weighted by molar-refractivity contribution is -0.125. The van der Waals surface area contributed by atoms with Crippen LogP contribution in [0.2, 0.25) is 5.02 Å². The van der Waals surface area contributed by atoms with Gasteiger partial charge in [-0.05, 0) is 18.2 Å². The molecule has 0 bridgehead atoms. The number of methoxy groups -OCH3 is 1. The number of nitrogens with one attached hydrogen (secondary N) is 1. The number of carbonyl (C=O) groups is 1. The molecule has 0 saturated heterocycles. The third-order valence-electron chi connectivity index (χ3n) is 2.01. The van der Waals surface area contributed by atoms with Crippen LogP contribution in [0.15, 0.2) is 18.2 Å². The molecule has 1 amide bonds. The fourth-order valence-corrected chi connectivity index (χ4v) is 1.30. The summed E-state index contributed by atoms with van der Waals surface area (Å²) in [6, 6.07) is 4.36. The molecular weight excluding hydrogens is 232 g/mol. The van der Waals surface area contributed by atoms with Crippen molar-refractivity contribution in [3.63, 3.8) is 0 Å². The number of phenolic OH excluding ortho intramolecular Hbond substituents is 1. The van der Waals surface area contributed by atoms with Crippen molar-refractivity contribution < 1.29 is 14.6 Å². The molecule has 0 heterocycles. The molecule has 1 rings (SSSR count). The number of hydrogen-bond donors (Lipinski definition) is 3. The second kappa shape index (κ2) is 5.69. The average molecular weight is 245 g/mol. The van der Waals surface area contributed by atoms with Gasteiger partial charge < -0.3 is 20.9 Å². The summed E-state index contributed by atoms with van der Waals surface area (Å²) in [4.78, 5) is 11.5. The summed E-state index contributed by atoms with van der Waals surface area (Å²) in [7, 11) is 1.40. The van der Waals surface area contributed by atoms with E-state index in [1.54, 1.807) is 0 Å². The van der Waals surface area contributed by atoms with Gasteiger partial charge in [0.1, 0.15) is 11.9 Å². The molecule has 0 radical (unpaired) electrons. The number of carbonyl (C=O) groups excluding carboxylic acids is 1. The first-order chi connectivity index (χ1) is 7.58. The van der Waals surface area contributed by atoms with Crippen molar-refractivity contribution in [2.24, 2.45) is 5.73 Å². The van der Waals surface area contributed by atoms with Gasteiger partial charge in [0.2, 0.25) is 0 Å². The van der Waals surface area contributed by atoms with Gasteiger partial charge in [0.05, 0.1) is 5.02 Å². The maximum atomic E-state index is 11.5. The van der Waals surface area contributed by atoms with Crippen LogP contribution < -0.4 is 11.1 Å². The predicted octanol–water partition coefficient (Wildman–Crippen LogP) is 0.958. The fraction of sp³-hybridized carbons (Fsp3) is 0.300. The number of ether oxygens (including phenoxy) is 1. The number of benzene rings is 1. The van der Waals surface area contributed by atoms with Crippen molar-refractivity contribution in [3.05, 3.63) is 23.2 Å². The number of nitrogens with two attached hydrogens (primary N) is 1. The number of aromatic hydroxyl groups is 1. The molecule has 0 aliphatic rings. The molecule has 0 aliphatic carbocycles. The van der Waals surface area contributed by atoms with Crippen molar-refractivity contribution >= 4 is 23.2 Å². The lowest BCUT2D eigenvalue weighted by atomic mass is 10.2. The van der Waals surface area contributed by atoms with E-state index in [0.717, 1.165) is 0 Å². The van der Waals surface area contributed by atoms with Crippen LogP contribution in [-0.2, 0) is 9.53 Å². The Labute approximate surface area is 98.2 Å². The molecule has 4 N–H and O–H groups in total. The molecule has 16 heavy (non-hydrogen) atoms. The second-order valence-corrected chi connectivity index (χ2v) is 3.52. The molecule has 1 atom stereocenters. The van der Waals surface area contributed by atoms with Crippen LogP contribution in [0, 0.1) is 0 Å². The van der Waals surface area contributed by atoms with Crippen LogP contribution >= 0.6 is 11.6 Å². The third-order valence-corrected chi connectivity index (χ3v) is 2.31. The molecular formula is C10H13ClN2O3. The van der Waals surface area contributed by atoms with Crippen LogP contribution in [0.5, 0.6) is 5.75 Å². The minimum Gasteiger partial charge on any atom is -0.506 e. The van der Waals surface area contributed by atoms with Crippen LogP contribution in [0.25, 0.3) is 0 Å². The van der Waals surface area contributed by atoms with Crippen molar-refractivity contribution in [2.45, 2.75) is 6.10 Å². The van der Waals surface area contributed by atoms with Gasteiger partial charge in [0, 0.05) is 19.3 Å². The van der Waals surface area contributed by atoms with Crippen molar-refractivity contribution in [1.82, 2.24) is 0 Å². The normalized spacial score (nSPS) is 12.2. The summed E-state index contributed by atoms with van der Waals surface area (Å²) >= 11 is 5.69. The molecule has 1 unspecified atom stereocenters. The van der Waals surface area contributed by atoms with Crippen molar-refractivity contribution in [2.75, 3.05) is 19.0 Å². The molecule has 0 fully saturated rings. The van der Waals surface area contributed by atoms with Gasteiger partial charge >= 0.3 is 0 Å². The van der Waals surface area contributed by atoms with E-state index in [2.05, 4.69) is 5.32 Å². The number of phenols is 1. The Morgan fingerprint density at radius 3 is 2.88 bits per heavy atom. The smallest absolute Gasteiger partial charge is 0.254 e. The fourth-order valence-electron chi connectivity index (χ4n) is 1.12. The zero-order valence-electron chi connectivity index (χ0n) is 8.74. The van der Waals surface area contributed by atoms with E-state index in [-0.39, 0.29) is 23.2 Å². The van der Waals surface area contributed by atoms with E-state index >= 15 is 0 Å². The third kappa shape index (κ3) is 3.10. The second-order valence-electron chi connectivity index (χ2n) is 3.12. The molecule has 6 heteroatoms. The topological polar surface area (TPSA) is 84.6 Å². The van der Waals surface area contributed by atoms with Gasteiger partial charge in [-0.3, -0.25) is 4.79 Å². The molecule has 0 aromatic heterocycles. The highest BCUT2D eigenvalue weighted by Gasteiger charge is 2.15. The van der Waals surface area contributed by atoms with Gasteiger partial charge in [0.25, 0.3) is 5.91 Å². The quantitative estimate of drug-likeness (QED) is 0.689. The van der Waals surface area contributed by atoms with Gasteiger partial charge in [-0.1, -0.05) is 11.6 Å². The molecule has 5 nitrogen and oxygen atoms in total. The summed E-state index contributed by atoms with van der Waals surface area (Å²) in [6.45, 7) is 0.0914. The summed E-state index contributed by atoms with van der Waals surface area (Å²) in [5.74, 6) is -0.395. The molecule has 0 spiro atoms. The highest BCUT2D eigenvalue weighted by molar-refractivity contribution is 6.32. The molecule has 1 aromatic rings. The maximum absolute atomic E-state index is 11.5. The van der Waals surface area contributed by atoms with Gasteiger partial charge in [-0.15, -0.1) is 0 Å². The first-order valence-corrected chi connectivity index (χ1v) is 4.98. The molecule has 0 aliphatic heterocycles. The average Bonchev–Trinajstić information content (AvgIpc) is 2.25. The van der Waals surface area contributed by atoms with E-state index in [1.165, 1.54) is 25.3 Å². The Kier molecular flexibility index (Phi) is 4.54. The van der Waals surface area contributed by atoms with Crippen LogP contribution in [0.3, 0.4) is 0 Å². The first-order valence-electron chi connectivity index (χ1n) is 4.60. The van der Waals surface area contributed by atoms with E-state index in [9.17, 15) is 9.90 Å². The van der Waals surface area contributed by atoms with Crippen molar-refractivity contribution in [1.29, 1.82) is 0 Å². The zero-order chi connectivity index (χ0) is 12.1. The predicted molar refractivity (Wildman–Crippen MR) is 61.6 cm³/mol. The highest BCUT2D eigenvalue weighted by atomic mass is 35.5. The summed E-state index contributed by atoms with van der Waals surface area (Å²) in [5, 5.41) is 11.9. The summed E-state index contributed by atoms with van der Waals surface area (Å²) in [6.07, 6.45) is -0.701. The number of amides is 1. The zero-order valence-corrected chi connectivity index (χ0v) is 9.49. The number of rotatable bonds is 4. The van der Waals surface area contributed by atoms with Crippen LogP contribution in [0.4, 0.5) is 5.69 Å². The van der Waals surface area contributed by atoms with Gasteiger partial charge in [-0.2, -0.15) is 0 Å². The summed E-state index contributed by atoms with van der Waals surface area (Å²) < 4.78 is 4.87. The number of halogens is 1. The summed E-state index contributed by atoms with van der Waals surface area (Å²) in [5.41, 5.74) is 5.82. The lowest BCUT2D eigenvalue weighted by Gasteiger charge is -2.13. The Bertz CT molecular complexity index is 380. The maximum Gasteiger partial charge on any atom is 0.254 e. The first kappa shape index (κ1) is 12.8. The largest absolute Gasteiger partial charge is 0.506 e. The Morgan fingerprint density at radius 2 is 2.38 bits per heavy atom. The number of hydrogen-bond acceptors (Lipinski definition) is 4. The van der Waals surface area contributed by atoms with Gasteiger partial charge in [0.15, 0.2) is 0 Å². The van der Waals surface area contributed by atoms with Crippen molar-refractivity contribution in [3.8, 4) is 5.75 Å². The van der Waals surface area contributed by atoms with Crippen LogP contribution in [0.1, 0.15) is 0 Å². The molecule has 1 aromatic carbocycles. The molecule has 88 valence electrons.